The summed E-state index contributed by atoms with van der Waals surface area (Å²) >= 11 is 6.06. The number of benzene rings is 1. The molecule has 11 heteroatoms. The van der Waals surface area contributed by atoms with Gasteiger partial charge in [-0.2, -0.15) is 0 Å². The molecule has 1 aliphatic heterocycles. The van der Waals surface area contributed by atoms with E-state index < -0.39 is 25.4 Å². The van der Waals surface area contributed by atoms with Crippen LogP contribution in [0.5, 0.6) is 0 Å². The van der Waals surface area contributed by atoms with Gasteiger partial charge in [-0.05, 0) is 31.0 Å². The molecule has 1 aromatic carbocycles. The fraction of sp³-hybridized carbons (Fsp3) is 0.353. The number of hydrogen-bond donors (Lipinski definition) is 3. The van der Waals surface area contributed by atoms with Crippen LogP contribution >= 0.6 is 19.2 Å². The van der Waals surface area contributed by atoms with E-state index in [1.807, 2.05) is 0 Å². The molecule has 1 aliphatic carbocycles. The number of amides is 1. The molecule has 2 aliphatic rings. The normalized spacial score (nSPS) is 21.4. The highest BCUT2D eigenvalue weighted by atomic mass is 35.5. The van der Waals surface area contributed by atoms with Gasteiger partial charge in [0.1, 0.15) is 12.0 Å². The average molecular weight is 423 g/mol. The van der Waals surface area contributed by atoms with E-state index in [4.69, 9.17) is 21.4 Å². The Hall–Kier alpha value is -2.21. The van der Waals surface area contributed by atoms with Gasteiger partial charge in [-0.1, -0.05) is 28.7 Å². The lowest BCUT2D eigenvalue weighted by Gasteiger charge is -2.17. The minimum Gasteiger partial charge on any atom is -0.366 e. The zero-order valence-electron chi connectivity index (χ0n) is 14.5. The van der Waals surface area contributed by atoms with Crippen LogP contribution in [0, 0.1) is 17.8 Å². The second-order valence-corrected chi connectivity index (χ2v) is 8.91. The molecule has 1 amide bonds. The van der Waals surface area contributed by atoms with Gasteiger partial charge in [-0.3, -0.25) is 9.36 Å². The minimum absolute atomic E-state index is 0.0396. The monoisotopic (exact) mass is 422 g/mol. The summed E-state index contributed by atoms with van der Waals surface area (Å²) in [4.78, 5) is 32.4. The van der Waals surface area contributed by atoms with Crippen LogP contribution in [0.1, 0.15) is 24.1 Å². The Balaban J connectivity index is 1.66. The van der Waals surface area contributed by atoms with Crippen molar-refractivity contribution in [3.8, 4) is 11.8 Å². The smallest absolute Gasteiger partial charge is 0.346 e. The Bertz CT molecular complexity index is 1070. The Morgan fingerprint density at radius 3 is 2.79 bits per heavy atom. The highest BCUT2D eigenvalue weighted by Gasteiger charge is 2.49. The highest BCUT2D eigenvalue weighted by molar-refractivity contribution is 7.50. The molecular weight excluding hydrogens is 407 g/mol. The molecule has 1 aromatic heterocycles. The van der Waals surface area contributed by atoms with Crippen LogP contribution in [0.15, 0.2) is 24.4 Å². The van der Waals surface area contributed by atoms with Crippen LogP contribution in [-0.4, -0.2) is 35.8 Å². The number of carbonyl (C=O) groups is 1. The van der Waals surface area contributed by atoms with Crippen LogP contribution in [0.3, 0.4) is 0 Å². The van der Waals surface area contributed by atoms with Crippen LogP contribution in [-0.2, 0) is 27.8 Å². The van der Waals surface area contributed by atoms with E-state index in [1.165, 1.54) is 17.2 Å². The number of aromatic nitrogens is 3. The predicted octanol–water partition coefficient (Wildman–Crippen LogP) is 1.21. The van der Waals surface area contributed by atoms with E-state index in [1.54, 1.807) is 12.1 Å². The number of rotatable bonds is 4. The number of carbonyl (C=O) groups excluding carboxylic acids is 1. The Labute approximate surface area is 165 Å². The number of aliphatic hydroxyl groups is 1. The number of fused-ring (bicyclic) bond motifs is 1. The van der Waals surface area contributed by atoms with Gasteiger partial charge in [-0.25, -0.2) is 4.68 Å². The van der Waals surface area contributed by atoms with Crippen molar-refractivity contribution in [2.45, 2.75) is 31.3 Å². The van der Waals surface area contributed by atoms with Gasteiger partial charge in [-0.15, -0.1) is 5.10 Å². The summed E-state index contributed by atoms with van der Waals surface area (Å²) in [5, 5.41) is 18.9. The standard InChI is InChI=1S/C17H16ClN4O5P/c18-12-3-4-15-14(7-12)17(24,6-5-11-1-2-11)16(23)22(15)9-13-8-21(20-19-13)10-28(25,26)27/h3-4,7-8,11,24H,1-2,9-10H2,(H2,25,26,27). The van der Waals surface area contributed by atoms with Gasteiger partial charge in [0.15, 0.2) is 0 Å². The molecule has 146 valence electrons. The summed E-state index contributed by atoms with van der Waals surface area (Å²) in [6.07, 6.45) is 2.63. The maximum absolute atomic E-state index is 13.0. The molecule has 1 saturated carbocycles. The maximum Gasteiger partial charge on any atom is 0.346 e. The zero-order chi connectivity index (χ0) is 20.1. The molecule has 0 radical (unpaired) electrons. The van der Waals surface area contributed by atoms with Crippen molar-refractivity contribution in [2.24, 2.45) is 5.92 Å². The summed E-state index contributed by atoms with van der Waals surface area (Å²) < 4.78 is 12.1. The first-order valence-corrected chi connectivity index (χ1v) is 10.6. The molecule has 4 rings (SSSR count). The molecule has 1 atom stereocenters. The SMILES string of the molecule is O=C1N(Cc2cn(CP(=O)(O)O)nn2)c2ccc(Cl)cc2C1(O)C#CC1CC1. The van der Waals surface area contributed by atoms with Gasteiger partial charge < -0.3 is 19.8 Å². The number of hydrogen-bond acceptors (Lipinski definition) is 5. The van der Waals surface area contributed by atoms with Gasteiger partial charge in [0, 0.05) is 16.5 Å². The molecule has 28 heavy (non-hydrogen) atoms. The number of halogens is 1. The van der Waals surface area contributed by atoms with E-state index in [-0.39, 0.29) is 12.5 Å². The second-order valence-electron chi connectivity index (χ2n) is 6.86. The van der Waals surface area contributed by atoms with Gasteiger partial charge in [0.2, 0.25) is 5.60 Å². The molecule has 2 aromatic rings. The average Bonchev–Trinajstić information content (AvgIpc) is 3.31. The Morgan fingerprint density at radius 2 is 2.11 bits per heavy atom. The fourth-order valence-corrected chi connectivity index (χ4v) is 3.68. The maximum atomic E-state index is 13.0. The summed E-state index contributed by atoms with van der Waals surface area (Å²) in [6.45, 7) is -0.0396. The lowest BCUT2D eigenvalue weighted by Crippen LogP contribution is -2.39. The summed E-state index contributed by atoms with van der Waals surface area (Å²) in [7, 11) is -4.31. The summed E-state index contributed by atoms with van der Waals surface area (Å²) in [5.41, 5.74) is -0.931. The predicted molar refractivity (Wildman–Crippen MR) is 99.1 cm³/mol. The van der Waals surface area contributed by atoms with Crippen LogP contribution < -0.4 is 4.90 Å². The molecule has 0 bridgehead atoms. The largest absolute Gasteiger partial charge is 0.366 e. The third kappa shape index (κ3) is 3.70. The van der Waals surface area contributed by atoms with Crippen molar-refractivity contribution in [1.29, 1.82) is 0 Å². The second kappa shape index (κ2) is 6.69. The third-order valence-corrected chi connectivity index (χ3v) is 5.36. The van der Waals surface area contributed by atoms with Crippen molar-refractivity contribution >= 4 is 30.8 Å². The first-order chi connectivity index (χ1) is 13.2. The van der Waals surface area contributed by atoms with Crippen molar-refractivity contribution < 1.29 is 24.3 Å². The summed E-state index contributed by atoms with van der Waals surface area (Å²) in [6, 6.07) is 4.73. The van der Waals surface area contributed by atoms with Gasteiger partial charge in [0.05, 0.1) is 18.4 Å². The Morgan fingerprint density at radius 1 is 1.36 bits per heavy atom. The molecule has 1 unspecified atom stereocenters. The van der Waals surface area contributed by atoms with Crippen molar-refractivity contribution in [1.82, 2.24) is 15.0 Å². The molecular formula is C17H16ClN4O5P. The zero-order valence-corrected chi connectivity index (χ0v) is 16.1. The lowest BCUT2D eigenvalue weighted by molar-refractivity contribution is -0.130. The van der Waals surface area contributed by atoms with Gasteiger partial charge >= 0.3 is 7.60 Å². The first kappa shape index (κ1) is 19.1. The Kier molecular flexibility index (Phi) is 4.57. The molecule has 1 fully saturated rings. The number of nitrogens with zero attached hydrogens (tertiary/aromatic N) is 4. The molecule has 2 heterocycles. The molecule has 0 spiro atoms. The van der Waals surface area contributed by atoms with Crippen molar-refractivity contribution in [2.75, 3.05) is 4.90 Å². The van der Waals surface area contributed by atoms with Crippen LogP contribution in [0.2, 0.25) is 5.02 Å². The van der Waals surface area contributed by atoms with Crippen LogP contribution in [0.25, 0.3) is 0 Å². The van der Waals surface area contributed by atoms with Crippen LogP contribution in [0.4, 0.5) is 5.69 Å². The topological polar surface area (TPSA) is 129 Å². The highest BCUT2D eigenvalue weighted by Crippen LogP contribution is 2.42. The van der Waals surface area contributed by atoms with E-state index in [0.717, 1.165) is 17.5 Å². The van der Waals surface area contributed by atoms with Crippen molar-refractivity contribution in [3.05, 3.63) is 40.7 Å². The molecule has 0 saturated heterocycles. The van der Waals surface area contributed by atoms with Gasteiger partial charge in [0.25, 0.3) is 5.91 Å². The van der Waals surface area contributed by atoms with E-state index in [9.17, 15) is 14.5 Å². The van der Waals surface area contributed by atoms with E-state index in [0.29, 0.717) is 22.0 Å². The number of anilines is 1. The fourth-order valence-electron chi connectivity index (χ4n) is 3.00. The summed E-state index contributed by atoms with van der Waals surface area (Å²) in [5.74, 6) is 5.22. The van der Waals surface area contributed by atoms with E-state index >= 15 is 0 Å². The van der Waals surface area contributed by atoms with E-state index in [2.05, 4.69) is 22.2 Å². The minimum atomic E-state index is -4.31. The lowest BCUT2D eigenvalue weighted by atomic mass is 9.96. The quantitative estimate of drug-likeness (QED) is 0.499. The third-order valence-electron chi connectivity index (χ3n) is 4.46. The van der Waals surface area contributed by atoms with Crippen molar-refractivity contribution in [3.63, 3.8) is 0 Å². The molecule has 3 N–H and O–H groups in total. The first-order valence-electron chi connectivity index (χ1n) is 8.46. The molecule has 9 nitrogen and oxygen atoms in total.